The van der Waals surface area contributed by atoms with Gasteiger partial charge in [-0.3, -0.25) is 0 Å². The minimum atomic E-state index is -4.42. The van der Waals surface area contributed by atoms with E-state index in [0.29, 0.717) is 5.69 Å². The lowest BCUT2D eigenvalue weighted by atomic mass is 10.1. The lowest BCUT2D eigenvalue weighted by Crippen LogP contribution is -2.19. The van der Waals surface area contributed by atoms with Crippen molar-refractivity contribution >= 4 is 23.2 Å². The molecule has 0 spiro atoms. The number of aromatic nitrogens is 2. The molecule has 0 bridgehead atoms. The molecule has 1 aromatic heterocycles. The zero-order valence-corrected chi connectivity index (χ0v) is 16.5. The Morgan fingerprint density at radius 2 is 1.39 bits per heavy atom. The number of nitrogens with one attached hydrogen (secondary N) is 2. The normalized spacial score (nSPS) is 13.8. The van der Waals surface area contributed by atoms with Crippen molar-refractivity contribution in [3.05, 3.63) is 66.2 Å². The topological polar surface area (TPSA) is 70.2 Å². The number of amides is 2. The molecule has 160 valence electrons. The quantitative estimate of drug-likeness (QED) is 0.584. The maximum absolute atomic E-state index is 12.6. The fourth-order valence-corrected chi connectivity index (χ4v) is 3.35. The Morgan fingerprint density at radius 3 is 1.90 bits per heavy atom. The maximum Gasteiger partial charge on any atom is 0.416 e. The van der Waals surface area contributed by atoms with Crippen molar-refractivity contribution in [2.45, 2.75) is 19.0 Å². The van der Waals surface area contributed by atoms with Gasteiger partial charge in [0.15, 0.2) is 5.82 Å². The van der Waals surface area contributed by atoms with E-state index in [1.807, 2.05) is 24.3 Å². The second kappa shape index (κ2) is 8.63. The molecule has 0 radical (unpaired) electrons. The molecule has 3 aromatic rings. The number of hydrogen-bond donors (Lipinski definition) is 2. The molecule has 0 saturated carbocycles. The third kappa shape index (κ3) is 5.11. The summed E-state index contributed by atoms with van der Waals surface area (Å²) < 4.78 is 37.8. The van der Waals surface area contributed by atoms with Crippen molar-refractivity contribution in [1.82, 2.24) is 10.2 Å². The Labute approximate surface area is 177 Å². The number of nitrogens with zero attached hydrogens (tertiary/aromatic N) is 3. The maximum atomic E-state index is 12.6. The molecule has 1 aliphatic heterocycles. The van der Waals surface area contributed by atoms with Crippen LogP contribution in [0, 0.1) is 0 Å². The highest BCUT2D eigenvalue weighted by molar-refractivity contribution is 5.99. The lowest BCUT2D eigenvalue weighted by Gasteiger charge is -2.15. The molecule has 2 aromatic carbocycles. The molecular weight excluding hydrogens is 407 g/mol. The highest BCUT2D eigenvalue weighted by Gasteiger charge is 2.30. The van der Waals surface area contributed by atoms with E-state index in [1.54, 1.807) is 12.1 Å². The van der Waals surface area contributed by atoms with Crippen LogP contribution in [0.1, 0.15) is 18.4 Å². The summed E-state index contributed by atoms with van der Waals surface area (Å²) in [6.45, 7) is 2.01. The summed E-state index contributed by atoms with van der Waals surface area (Å²) in [4.78, 5) is 14.3. The van der Waals surface area contributed by atoms with Crippen LogP contribution in [0.5, 0.6) is 0 Å². The lowest BCUT2D eigenvalue weighted by molar-refractivity contribution is -0.137. The van der Waals surface area contributed by atoms with Crippen LogP contribution in [0.4, 0.5) is 35.2 Å². The van der Waals surface area contributed by atoms with Crippen LogP contribution >= 0.6 is 0 Å². The summed E-state index contributed by atoms with van der Waals surface area (Å²) in [5, 5.41) is 13.7. The van der Waals surface area contributed by atoms with Gasteiger partial charge >= 0.3 is 12.2 Å². The molecular formula is C22H20F3N5O. The second-order valence-electron chi connectivity index (χ2n) is 7.20. The molecule has 2 heterocycles. The van der Waals surface area contributed by atoms with Gasteiger partial charge in [0.2, 0.25) is 0 Å². The molecule has 1 saturated heterocycles. The molecule has 2 amide bonds. The van der Waals surface area contributed by atoms with Gasteiger partial charge in [-0.1, -0.05) is 12.1 Å². The van der Waals surface area contributed by atoms with E-state index in [1.165, 1.54) is 25.0 Å². The van der Waals surface area contributed by atoms with E-state index in [-0.39, 0.29) is 5.69 Å². The molecule has 6 nitrogen and oxygen atoms in total. The molecule has 9 heteroatoms. The van der Waals surface area contributed by atoms with Gasteiger partial charge in [-0.25, -0.2) is 4.79 Å². The minimum absolute atomic E-state index is 0.260. The van der Waals surface area contributed by atoms with Gasteiger partial charge in [0.05, 0.1) is 11.3 Å². The number of halogens is 3. The number of hydrogen-bond acceptors (Lipinski definition) is 4. The van der Waals surface area contributed by atoms with Crippen molar-refractivity contribution in [3.63, 3.8) is 0 Å². The summed E-state index contributed by atoms with van der Waals surface area (Å²) in [5.41, 5.74) is 1.61. The van der Waals surface area contributed by atoms with E-state index in [9.17, 15) is 18.0 Å². The fourth-order valence-electron chi connectivity index (χ4n) is 3.35. The fraction of sp³-hybridized carbons (Fsp3) is 0.227. The van der Waals surface area contributed by atoms with Gasteiger partial charge in [-0.05, 0) is 61.4 Å². The number of alkyl halides is 3. The number of benzene rings is 2. The van der Waals surface area contributed by atoms with Gasteiger partial charge in [-0.15, -0.1) is 10.2 Å². The number of carbonyl (C=O) groups excluding carboxylic acids is 1. The highest BCUT2D eigenvalue weighted by Crippen LogP contribution is 2.30. The van der Waals surface area contributed by atoms with Gasteiger partial charge in [0, 0.05) is 30.0 Å². The zero-order chi connectivity index (χ0) is 21.8. The second-order valence-corrected chi connectivity index (χ2v) is 7.20. The van der Waals surface area contributed by atoms with Crippen LogP contribution < -0.4 is 15.5 Å². The minimum Gasteiger partial charge on any atom is -0.355 e. The monoisotopic (exact) mass is 427 g/mol. The van der Waals surface area contributed by atoms with Crippen molar-refractivity contribution in [2.24, 2.45) is 0 Å². The first-order valence-corrected chi connectivity index (χ1v) is 9.83. The molecule has 0 unspecified atom stereocenters. The summed E-state index contributed by atoms with van der Waals surface area (Å²) in [7, 11) is 0. The Balaban J connectivity index is 1.35. The average Bonchev–Trinajstić information content (AvgIpc) is 3.29. The number of urea groups is 1. The number of rotatable bonds is 4. The molecule has 31 heavy (non-hydrogen) atoms. The summed E-state index contributed by atoms with van der Waals surface area (Å²) in [5.74, 6) is 0.875. The van der Waals surface area contributed by atoms with Crippen molar-refractivity contribution < 1.29 is 18.0 Å². The number of anilines is 3. The van der Waals surface area contributed by atoms with Gasteiger partial charge < -0.3 is 15.5 Å². The molecule has 2 N–H and O–H groups in total. The van der Waals surface area contributed by atoms with E-state index in [0.717, 1.165) is 42.3 Å². The smallest absolute Gasteiger partial charge is 0.355 e. The van der Waals surface area contributed by atoms with Crippen LogP contribution in [-0.2, 0) is 6.18 Å². The zero-order valence-electron chi connectivity index (χ0n) is 16.5. The summed E-state index contributed by atoms with van der Waals surface area (Å²) in [6.07, 6.45) is -2.07. The first-order chi connectivity index (χ1) is 14.9. The van der Waals surface area contributed by atoms with Gasteiger partial charge in [0.25, 0.3) is 0 Å². The van der Waals surface area contributed by atoms with Crippen molar-refractivity contribution in [3.8, 4) is 11.3 Å². The van der Waals surface area contributed by atoms with E-state index >= 15 is 0 Å². The number of carbonyl (C=O) groups is 1. The third-order valence-corrected chi connectivity index (χ3v) is 4.99. The van der Waals surface area contributed by atoms with Crippen molar-refractivity contribution in [2.75, 3.05) is 28.6 Å². The standard InChI is InChI=1S/C22H20F3N5O/c23-22(24,25)16-5-9-18(10-6-16)27-21(31)26-17-7-3-15(4-8-17)19-11-12-20(29-28-19)30-13-1-2-14-30/h3-12H,1-2,13-14H2,(H2,26,27,31). The summed E-state index contributed by atoms with van der Waals surface area (Å²) >= 11 is 0. The third-order valence-electron chi connectivity index (χ3n) is 4.99. The Hall–Kier alpha value is -3.62. The van der Waals surface area contributed by atoms with Crippen LogP contribution in [0.15, 0.2) is 60.7 Å². The highest BCUT2D eigenvalue weighted by atomic mass is 19.4. The molecule has 1 aliphatic rings. The van der Waals surface area contributed by atoms with E-state index in [4.69, 9.17) is 0 Å². The van der Waals surface area contributed by atoms with E-state index in [2.05, 4.69) is 25.7 Å². The Morgan fingerprint density at radius 1 is 0.806 bits per heavy atom. The Bertz CT molecular complexity index is 1030. The average molecular weight is 427 g/mol. The summed E-state index contributed by atoms with van der Waals surface area (Å²) in [6, 6.07) is 14.6. The predicted octanol–water partition coefficient (Wildman–Crippen LogP) is 5.41. The first kappa shape index (κ1) is 20.6. The molecule has 0 aliphatic carbocycles. The molecule has 0 atom stereocenters. The molecule has 4 rings (SSSR count). The predicted molar refractivity (Wildman–Crippen MR) is 113 cm³/mol. The Kier molecular flexibility index (Phi) is 5.75. The van der Waals surface area contributed by atoms with Crippen LogP contribution in [0.25, 0.3) is 11.3 Å². The first-order valence-electron chi connectivity index (χ1n) is 9.83. The van der Waals surface area contributed by atoms with E-state index < -0.39 is 17.8 Å². The van der Waals surface area contributed by atoms with Crippen LogP contribution in [0.3, 0.4) is 0 Å². The van der Waals surface area contributed by atoms with Crippen LogP contribution in [-0.4, -0.2) is 29.3 Å². The largest absolute Gasteiger partial charge is 0.416 e. The SMILES string of the molecule is O=C(Nc1ccc(-c2ccc(N3CCCC3)nn2)cc1)Nc1ccc(C(F)(F)F)cc1. The molecule has 1 fully saturated rings. The van der Waals surface area contributed by atoms with Gasteiger partial charge in [0.1, 0.15) is 0 Å². The van der Waals surface area contributed by atoms with Crippen molar-refractivity contribution in [1.29, 1.82) is 0 Å². The van der Waals surface area contributed by atoms with Gasteiger partial charge in [-0.2, -0.15) is 13.2 Å². The van der Waals surface area contributed by atoms with Crippen LogP contribution in [0.2, 0.25) is 0 Å².